The summed E-state index contributed by atoms with van der Waals surface area (Å²) in [4.78, 5) is 22.8. The topological polar surface area (TPSA) is 46.2 Å². The van der Waals surface area contributed by atoms with Gasteiger partial charge in [-0.1, -0.05) is 37.3 Å². The summed E-state index contributed by atoms with van der Waals surface area (Å²) in [5.41, 5.74) is 0.637. The van der Waals surface area contributed by atoms with E-state index in [2.05, 4.69) is 5.32 Å². The van der Waals surface area contributed by atoms with Gasteiger partial charge < -0.3 is 5.32 Å². The molecule has 3 nitrogen and oxygen atoms in total. The van der Waals surface area contributed by atoms with Crippen molar-refractivity contribution in [1.29, 1.82) is 0 Å². The molecule has 1 aromatic rings. The Bertz CT molecular complexity index is 346. The molecule has 1 aromatic carbocycles. The van der Waals surface area contributed by atoms with Crippen LogP contribution < -0.4 is 5.32 Å². The largest absolute Gasteiger partial charge is 0.346 e. The van der Waals surface area contributed by atoms with Crippen LogP contribution in [0.4, 0.5) is 0 Å². The zero-order valence-corrected chi connectivity index (χ0v) is 8.99. The Morgan fingerprint density at radius 1 is 1.27 bits per heavy atom. The zero-order valence-electron chi connectivity index (χ0n) is 8.99. The predicted molar refractivity (Wildman–Crippen MR) is 58.7 cm³/mol. The first-order valence-electron chi connectivity index (χ1n) is 5.01. The number of amides is 1. The third-order valence-electron chi connectivity index (χ3n) is 2.16. The van der Waals surface area contributed by atoms with E-state index in [1.807, 2.05) is 25.1 Å². The SMILES string of the molecule is CCC(NC(C)=O)C(=O)c1ccccc1. The molecular formula is C12H15NO2. The minimum absolute atomic E-state index is 0.0340. The Kier molecular flexibility index (Phi) is 4.03. The van der Waals surface area contributed by atoms with Crippen molar-refractivity contribution in [2.45, 2.75) is 26.3 Å². The number of carbonyl (C=O) groups is 2. The number of Topliss-reactive ketones (excluding diaryl/α,β-unsaturated/α-hetero) is 1. The lowest BCUT2D eigenvalue weighted by Crippen LogP contribution is -2.39. The van der Waals surface area contributed by atoms with Gasteiger partial charge in [0.05, 0.1) is 6.04 Å². The normalized spacial score (nSPS) is 11.9. The Hall–Kier alpha value is -1.64. The lowest BCUT2D eigenvalue weighted by molar-refractivity contribution is -0.119. The van der Waals surface area contributed by atoms with Gasteiger partial charge in [-0.25, -0.2) is 0 Å². The highest BCUT2D eigenvalue weighted by atomic mass is 16.2. The van der Waals surface area contributed by atoms with Crippen LogP contribution in [0.25, 0.3) is 0 Å². The third-order valence-corrected chi connectivity index (χ3v) is 2.16. The number of rotatable bonds is 4. The number of carbonyl (C=O) groups excluding carboxylic acids is 2. The van der Waals surface area contributed by atoms with Crippen LogP contribution in [0.15, 0.2) is 30.3 Å². The summed E-state index contributed by atoms with van der Waals surface area (Å²) in [7, 11) is 0. The average molecular weight is 205 g/mol. The summed E-state index contributed by atoms with van der Waals surface area (Å²) in [6.07, 6.45) is 0.604. The van der Waals surface area contributed by atoms with Gasteiger partial charge in [0.2, 0.25) is 5.91 Å². The maximum Gasteiger partial charge on any atom is 0.217 e. The van der Waals surface area contributed by atoms with Gasteiger partial charge >= 0.3 is 0 Å². The van der Waals surface area contributed by atoms with Gasteiger partial charge in [0.25, 0.3) is 0 Å². The predicted octanol–water partition coefficient (Wildman–Crippen LogP) is 1.78. The van der Waals surface area contributed by atoms with Crippen LogP contribution in [-0.4, -0.2) is 17.7 Å². The Labute approximate surface area is 89.5 Å². The van der Waals surface area contributed by atoms with Crippen LogP contribution in [-0.2, 0) is 4.79 Å². The molecule has 15 heavy (non-hydrogen) atoms. The monoisotopic (exact) mass is 205 g/mol. The second-order valence-electron chi connectivity index (χ2n) is 3.39. The molecule has 1 unspecified atom stereocenters. The van der Waals surface area contributed by atoms with Gasteiger partial charge in [0, 0.05) is 12.5 Å². The average Bonchev–Trinajstić information content (AvgIpc) is 2.26. The van der Waals surface area contributed by atoms with E-state index in [1.165, 1.54) is 6.92 Å². The van der Waals surface area contributed by atoms with Crippen molar-refractivity contribution in [3.8, 4) is 0 Å². The van der Waals surface area contributed by atoms with Crippen LogP contribution in [0.1, 0.15) is 30.6 Å². The van der Waals surface area contributed by atoms with E-state index < -0.39 is 6.04 Å². The van der Waals surface area contributed by atoms with Crippen molar-refractivity contribution in [2.75, 3.05) is 0 Å². The maximum absolute atomic E-state index is 11.9. The van der Waals surface area contributed by atoms with E-state index in [0.29, 0.717) is 12.0 Å². The molecule has 0 saturated heterocycles. The molecule has 0 aromatic heterocycles. The van der Waals surface area contributed by atoms with Crippen LogP contribution in [0.2, 0.25) is 0 Å². The minimum atomic E-state index is -0.412. The molecule has 0 heterocycles. The highest BCUT2D eigenvalue weighted by molar-refractivity contribution is 6.01. The standard InChI is InChI=1S/C12H15NO2/c1-3-11(13-9(2)14)12(15)10-7-5-4-6-8-10/h4-8,11H,3H2,1-2H3,(H,13,14). The van der Waals surface area contributed by atoms with E-state index in [4.69, 9.17) is 0 Å². The quantitative estimate of drug-likeness (QED) is 0.762. The molecule has 0 fully saturated rings. The molecule has 0 saturated carbocycles. The fraction of sp³-hybridized carbons (Fsp3) is 0.333. The second kappa shape index (κ2) is 5.29. The first-order valence-corrected chi connectivity index (χ1v) is 5.01. The highest BCUT2D eigenvalue weighted by Gasteiger charge is 2.18. The van der Waals surface area contributed by atoms with E-state index in [1.54, 1.807) is 12.1 Å². The maximum atomic E-state index is 11.9. The van der Waals surface area contributed by atoms with Gasteiger partial charge in [0.15, 0.2) is 5.78 Å². The number of ketones is 1. The Morgan fingerprint density at radius 2 is 1.87 bits per heavy atom. The molecule has 3 heteroatoms. The summed E-state index contributed by atoms with van der Waals surface area (Å²) in [6.45, 7) is 3.29. The van der Waals surface area contributed by atoms with Crippen LogP contribution >= 0.6 is 0 Å². The van der Waals surface area contributed by atoms with Crippen LogP contribution in [0, 0.1) is 0 Å². The Balaban J connectivity index is 2.78. The molecule has 0 bridgehead atoms. The smallest absolute Gasteiger partial charge is 0.217 e. The zero-order chi connectivity index (χ0) is 11.3. The van der Waals surface area contributed by atoms with Crippen LogP contribution in [0.5, 0.6) is 0 Å². The molecule has 1 atom stereocenters. The van der Waals surface area contributed by atoms with Gasteiger partial charge in [-0.15, -0.1) is 0 Å². The summed E-state index contributed by atoms with van der Waals surface area (Å²) in [5.74, 6) is -0.209. The van der Waals surface area contributed by atoms with Gasteiger partial charge in [-0.05, 0) is 6.42 Å². The lowest BCUT2D eigenvalue weighted by atomic mass is 10.0. The van der Waals surface area contributed by atoms with Gasteiger partial charge in [-0.3, -0.25) is 9.59 Å². The van der Waals surface area contributed by atoms with Crippen molar-refractivity contribution >= 4 is 11.7 Å². The van der Waals surface area contributed by atoms with Gasteiger partial charge in [0.1, 0.15) is 0 Å². The summed E-state index contributed by atoms with van der Waals surface area (Å²) < 4.78 is 0. The van der Waals surface area contributed by atoms with E-state index in [0.717, 1.165) is 0 Å². The Morgan fingerprint density at radius 3 is 2.33 bits per heavy atom. The molecule has 0 radical (unpaired) electrons. The molecule has 1 rings (SSSR count). The minimum Gasteiger partial charge on any atom is -0.346 e. The molecule has 1 N–H and O–H groups in total. The van der Waals surface area contributed by atoms with Crippen molar-refractivity contribution in [1.82, 2.24) is 5.32 Å². The fourth-order valence-electron chi connectivity index (χ4n) is 1.40. The number of benzene rings is 1. The lowest BCUT2D eigenvalue weighted by Gasteiger charge is -2.14. The first kappa shape index (κ1) is 11.4. The summed E-state index contributed by atoms with van der Waals surface area (Å²) in [5, 5.41) is 2.64. The number of hydrogen-bond donors (Lipinski definition) is 1. The van der Waals surface area contributed by atoms with Crippen molar-refractivity contribution in [2.24, 2.45) is 0 Å². The van der Waals surface area contributed by atoms with Crippen LogP contribution in [0.3, 0.4) is 0 Å². The van der Waals surface area contributed by atoms with Crippen molar-refractivity contribution in [3.05, 3.63) is 35.9 Å². The van der Waals surface area contributed by atoms with E-state index in [-0.39, 0.29) is 11.7 Å². The molecule has 0 spiro atoms. The third kappa shape index (κ3) is 3.20. The first-order chi connectivity index (χ1) is 7.15. The number of nitrogens with one attached hydrogen (secondary N) is 1. The molecule has 0 aliphatic carbocycles. The van der Waals surface area contributed by atoms with Crippen molar-refractivity contribution in [3.63, 3.8) is 0 Å². The second-order valence-corrected chi connectivity index (χ2v) is 3.39. The van der Waals surface area contributed by atoms with E-state index in [9.17, 15) is 9.59 Å². The molecule has 0 aliphatic heterocycles. The fourth-order valence-corrected chi connectivity index (χ4v) is 1.40. The van der Waals surface area contributed by atoms with Crippen molar-refractivity contribution < 1.29 is 9.59 Å². The molecule has 80 valence electrons. The molecule has 1 amide bonds. The summed E-state index contributed by atoms with van der Waals surface area (Å²) in [6, 6.07) is 8.59. The highest BCUT2D eigenvalue weighted by Crippen LogP contribution is 2.05. The van der Waals surface area contributed by atoms with E-state index >= 15 is 0 Å². The van der Waals surface area contributed by atoms with Gasteiger partial charge in [-0.2, -0.15) is 0 Å². The number of hydrogen-bond acceptors (Lipinski definition) is 2. The summed E-state index contributed by atoms with van der Waals surface area (Å²) >= 11 is 0. The molecular weight excluding hydrogens is 190 g/mol. The molecule has 0 aliphatic rings.